The number of methoxy groups -OCH3 is 1. The van der Waals surface area contributed by atoms with Crippen molar-refractivity contribution in [3.8, 4) is 5.75 Å². The van der Waals surface area contributed by atoms with Crippen molar-refractivity contribution in [1.82, 2.24) is 19.8 Å². The molecule has 0 saturated carbocycles. The van der Waals surface area contributed by atoms with Gasteiger partial charge in [-0.15, -0.1) is 0 Å². The van der Waals surface area contributed by atoms with Gasteiger partial charge in [0.1, 0.15) is 18.0 Å². The van der Waals surface area contributed by atoms with Gasteiger partial charge in [0.25, 0.3) is 5.91 Å². The van der Waals surface area contributed by atoms with Gasteiger partial charge in [0, 0.05) is 47.6 Å². The van der Waals surface area contributed by atoms with Crippen molar-refractivity contribution in [2.24, 2.45) is 0 Å². The second-order valence-corrected chi connectivity index (χ2v) is 7.53. The summed E-state index contributed by atoms with van der Waals surface area (Å²) in [7, 11) is 1.61. The third-order valence-electron chi connectivity index (χ3n) is 5.71. The predicted octanol–water partition coefficient (Wildman–Crippen LogP) is 3.14. The molecule has 152 valence electrons. The van der Waals surface area contributed by atoms with Gasteiger partial charge in [-0.2, -0.15) is 0 Å². The second-order valence-electron chi connectivity index (χ2n) is 7.53. The Bertz CT molecular complexity index is 1260. The van der Waals surface area contributed by atoms with Crippen LogP contribution in [0.3, 0.4) is 0 Å². The molecule has 7 nitrogen and oxygen atoms in total. The van der Waals surface area contributed by atoms with E-state index in [9.17, 15) is 9.59 Å². The molecule has 0 unspecified atom stereocenters. The molecule has 3 heterocycles. The number of aromatic amines is 2. The number of benzene rings is 2. The summed E-state index contributed by atoms with van der Waals surface area (Å²) in [5.41, 5.74) is 3.51. The first-order valence-corrected chi connectivity index (χ1v) is 9.91. The third kappa shape index (κ3) is 3.18. The molecule has 2 amide bonds. The summed E-state index contributed by atoms with van der Waals surface area (Å²) >= 11 is 0. The molecule has 1 saturated heterocycles. The van der Waals surface area contributed by atoms with Gasteiger partial charge in [-0.25, -0.2) is 0 Å². The number of H-pyrrole nitrogens is 2. The van der Waals surface area contributed by atoms with Crippen LogP contribution in [-0.4, -0.2) is 58.3 Å². The van der Waals surface area contributed by atoms with Gasteiger partial charge in [-0.1, -0.05) is 12.1 Å². The molecule has 1 fully saturated rings. The Kier molecular flexibility index (Phi) is 4.43. The van der Waals surface area contributed by atoms with Gasteiger partial charge < -0.3 is 24.5 Å². The zero-order chi connectivity index (χ0) is 20.7. The Morgan fingerprint density at radius 2 is 2.00 bits per heavy atom. The van der Waals surface area contributed by atoms with Crippen LogP contribution in [0, 0.1) is 0 Å². The van der Waals surface area contributed by atoms with Crippen LogP contribution >= 0.6 is 0 Å². The van der Waals surface area contributed by atoms with E-state index in [2.05, 4.69) is 9.97 Å². The number of hydrogen-bond donors (Lipinski definition) is 2. The fourth-order valence-corrected chi connectivity index (χ4v) is 4.07. The highest BCUT2D eigenvalue weighted by atomic mass is 16.5. The molecule has 30 heavy (non-hydrogen) atoms. The first kappa shape index (κ1) is 18.3. The van der Waals surface area contributed by atoms with Crippen LogP contribution in [0.5, 0.6) is 5.75 Å². The lowest BCUT2D eigenvalue weighted by Gasteiger charge is -2.34. The topological polar surface area (TPSA) is 81.4 Å². The Balaban J connectivity index is 1.30. The average molecular weight is 402 g/mol. The molecule has 4 aromatic rings. The van der Waals surface area contributed by atoms with E-state index in [1.54, 1.807) is 12.0 Å². The van der Waals surface area contributed by atoms with Gasteiger partial charge in [-0.3, -0.25) is 9.59 Å². The highest BCUT2D eigenvalue weighted by Crippen LogP contribution is 2.23. The molecule has 0 radical (unpaired) electrons. The number of carbonyl (C=O) groups excluding carboxylic acids is 2. The maximum absolute atomic E-state index is 13.0. The predicted molar refractivity (Wildman–Crippen MR) is 114 cm³/mol. The Hall–Kier alpha value is -3.74. The maximum Gasteiger partial charge on any atom is 0.270 e. The summed E-state index contributed by atoms with van der Waals surface area (Å²) in [6.45, 7) is 1.65. The number of rotatable bonds is 4. The van der Waals surface area contributed by atoms with Crippen molar-refractivity contribution in [1.29, 1.82) is 0 Å². The van der Waals surface area contributed by atoms with E-state index in [0.717, 1.165) is 33.1 Å². The van der Waals surface area contributed by atoms with E-state index in [1.807, 2.05) is 59.6 Å². The van der Waals surface area contributed by atoms with Gasteiger partial charge in [0.2, 0.25) is 5.91 Å². The number of piperazine rings is 1. The lowest BCUT2D eigenvalue weighted by atomic mass is 10.1. The molecular weight excluding hydrogens is 380 g/mol. The molecule has 0 aliphatic carbocycles. The van der Waals surface area contributed by atoms with E-state index < -0.39 is 0 Å². The largest absolute Gasteiger partial charge is 0.497 e. The molecule has 0 atom stereocenters. The molecule has 2 N–H and O–H groups in total. The highest BCUT2D eigenvalue weighted by molar-refractivity contribution is 6.00. The lowest BCUT2D eigenvalue weighted by Crippen LogP contribution is -2.51. The van der Waals surface area contributed by atoms with Crippen LogP contribution in [0.15, 0.2) is 54.7 Å². The van der Waals surface area contributed by atoms with Crippen molar-refractivity contribution in [3.05, 3.63) is 66.0 Å². The smallest absolute Gasteiger partial charge is 0.270 e. The number of fused-ring (bicyclic) bond motifs is 2. The van der Waals surface area contributed by atoms with E-state index >= 15 is 0 Å². The zero-order valence-corrected chi connectivity index (χ0v) is 16.6. The summed E-state index contributed by atoms with van der Waals surface area (Å²) in [6, 6.07) is 15.5. The minimum Gasteiger partial charge on any atom is -0.497 e. The fraction of sp³-hybridized carbons (Fsp3) is 0.217. The number of nitrogens with zero attached hydrogens (tertiary/aromatic N) is 2. The summed E-state index contributed by atoms with van der Waals surface area (Å²) < 4.78 is 5.24. The van der Waals surface area contributed by atoms with Crippen LogP contribution in [0.1, 0.15) is 16.1 Å². The van der Waals surface area contributed by atoms with Gasteiger partial charge in [-0.05, 0) is 42.0 Å². The van der Waals surface area contributed by atoms with Gasteiger partial charge in [0.15, 0.2) is 0 Å². The minimum atomic E-state index is -0.161. The Labute approximate surface area is 173 Å². The Morgan fingerprint density at radius 3 is 2.83 bits per heavy atom. The van der Waals surface area contributed by atoms with E-state index in [4.69, 9.17) is 4.74 Å². The zero-order valence-electron chi connectivity index (χ0n) is 16.6. The number of amides is 2. The van der Waals surface area contributed by atoms with Crippen LogP contribution in [-0.2, 0) is 11.3 Å². The number of hydrogen-bond acceptors (Lipinski definition) is 3. The number of nitrogens with one attached hydrogen (secondary N) is 2. The second kappa shape index (κ2) is 7.26. The summed E-state index contributed by atoms with van der Waals surface area (Å²) in [5.74, 6) is 0.535. The van der Waals surface area contributed by atoms with Crippen LogP contribution < -0.4 is 4.74 Å². The van der Waals surface area contributed by atoms with Crippen molar-refractivity contribution < 1.29 is 14.3 Å². The first-order valence-electron chi connectivity index (χ1n) is 9.91. The quantitative estimate of drug-likeness (QED) is 0.550. The molecule has 5 rings (SSSR count). The first-order chi connectivity index (χ1) is 14.6. The Morgan fingerprint density at radius 1 is 1.10 bits per heavy atom. The number of ether oxygens (including phenoxy) is 1. The van der Waals surface area contributed by atoms with Crippen molar-refractivity contribution in [2.45, 2.75) is 6.54 Å². The summed E-state index contributed by atoms with van der Waals surface area (Å²) in [5, 5.41) is 2.03. The molecule has 2 aromatic heterocycles. The van der Waals surface area contributed by atoms with Gasteiger partial charge >= 0.3 is 0 Å². The molecule has 7 heteroatoms. The number of carbonyl (C=O) groups is 2. The summed E-state index contributed by atoms with van der Waals surface area (Å²) in [6.07, 6.45) is 1.91. The molecule has 2 aromatic carbocycles. The number of aromatic nitrogens is 2. The fourth-order valence-electron chi connectivity index (χ4n) is 4.07. The molecular formula is C23H22N4O3. The maximum atomic E-state index is 13.0. The monoisotopic (exact) mass is 402 g/mol. The van der Waals surface area contributed by atoms with Crippen molar-refractivity contribution in [3.63, 3.8) is 0 Å². The highest BCUT2D eigenvalue weighted by Gasteiger charge is 2.28. The normalized spacial score (nSPS) is 14.6. The lowest BCUT2D eigenvalue weighted by molar-refractivity contribution is -0.135. The molecule has 1 aliphatic heterocycles. The van der Waals surface area contributed by atoms with E-state index in [1.165, 1.54) is 0 Å². The van der Waals surface area contributed by atoms with Crippen LogP contribution in [0.2, 0.25) is 0 Å². The van der Waals surface area contributed by atoms with Crippen molar-refractivity contribution in [2.75, 3.05) is 26.7 Å². The van der Waals surface area contributed by atoms with Gasteiger partial charge in [0.05, 0.1) is 7.11 Å². The van der Waals surface area contributed by atoms with Crippen molar-refractivity contribution >= 4 is 33.6 Å². The summed E-state index contributed by atoms with van der Waals surface area (Å²) in [4.78, 5) is 35.5. The van der Waals surface area contributed by atoms with Crippen LogP contribution in [0.25, 0.3) is 21.8 Å². The third-order valence-corrected chi connectivity index (χ3v) is 5.71. The molecule has 0 bridgehead atoms. The van der Waals surface area contributed by atoms with E-state index in [0.29, 0.717) is 25.3 Å². The minimum absolute atomic E-state index is 0.0417. The molecule has 1 aliphatic rings. The van der Waals surface area contributed by atoms with E-state index in [-0.39, 0.29) is 18.4 Å². The SMILES string of the molecule is COc1ccc2[nH]c(C(=O)N3CCN(Cc4cccc5[nH]ccc45)C(=O)C3)cc2c1. The standard InChI is InChI=1S/C23H22N4O3/c1-30-17-5-6-19-16(11-17)12-21(25-19)23(29)27-10-9-26(22(28)14-27)13-15-3-2-4-20-18(15)7-8-24-20/h2-8,11-12,24-25H,9-10,13-14H2,1H3. The average Bonchev–Trinajstić information content (AvgIpc) is 3.41. The molecule has 0 spiro atoms. The van der Waals surface area contributed by atoms with Crippen LogP contribution in [0.4, 0.5) is 0 Å².